The molecule has 1 aromatic heterocycles. The zero-order chi connectivity index (χ0) is 37.3. The molecule has 0 spiro atoms. The molecule has 0 bridgehead atoms. The van der Waals surface area contributed by atoms with Gasteiger partial charge in [0, 0.05) is 16.7 Å². The number of nitrogens with zero attached hydrogens (tertiary/aromatic N) is 3. The van der Waals surface area contributed by atoms with Gasteiger partial charge in [-0.2, -0.15) is 0 Å². The second-order valence-corrected chi connectivity index (χ2v) is 14.0. The van der Waals surface area contributed by atoms with E-state index in [0.717, 1.165) is 50.1 Å². The van der Waals surface area contributed by atoms with E-state index in [1.807, 2.05) is 6.07 Å². The predicted octanol–water partition coefficient (Wildman–Crippen LogP) is 13.8. The third kappa shape index (κ3) is 6.42. The summed E-state index contributed by atoms with van der Waals surface area (Å²) < 4.78 is 0. The van der Waals surface area contributed by atoms with Crippen molar-refractivity contribution in [2.45, 2.75) is 0 Å². The lowest BCUT2D eigenvalue weighted by atomic mass is 9.94. The molecule has 10 rings (SSSR count). The van der Waals surface area contributed by atoms with Gasteiger partial charge in [0.15, 0.2) is 17.5 Å². The molecule has 0 aliphatic carbocycles. The number of aromatic nitrogens is 3. The van der Waals surface area contributed by atoms with E-state index < -0.39 is 0 Å². The Labute approximate surface area is 326 Å². The van der Waals surface area contributed by atoms with Gasteiger partial charge in [-0.05, 0) is 90.3 Å². The van der Waals surface area contributed by atoms with Crippen molar-refractivity contribution in [1.29, 1.82) is 0 Å². The van der Waals surface area contributed by atoms with Crippen molar-refractivity contribution in [1.82, 2.24) is 15.0 Å². The van der Waals surface area contributed by atoms with Crippen molar-refractivity contribution in [3.8, 4) is 78.7 Å². The van der Waals surface area contributed by atoms with Crippen molar-refractivity contribution in [3.05, 3.63) is 212 Å². The SMILES string of the molecule is c1ccc(-c2cccc(-c3nc(-c4cccc(-c5ccc6cc(-c7ccccc7)ccc6c5)c4)nc(-c4ccccc4-c4cccc5ccccc45)n3)c2)cc1. The molecule has 9 aromatic carbocycles. The minimum Gasteiger partial charge on any atom is -0.208 e. The van der Waals surface area contributed by atoms with Crippen LogP contribution in [0, 0.1) is 0 Å². The van der Waals surface area contributed by atoms with E-state index in [1.54, 1.807) is 0 Å². The van der Waals surface area contributed by atoms with Crippen LogP contribution in [-0.2, 0) is 0 Å². The van der Waals surface area contributed by atoms with E-state index >= 15 is 0 Å². The van der Waals surface area contributed by atoms with E-state index in [9.17, 15) is 0 Å². The normalized spacial score (nSPS) is 11.2. The van der Waals surface area contributed by atoms with Gasteiger partial charge in [0.05, 0.1) is 0 Å². The smallest absolute Gasteiger partial charge is 0.164 e. The van der Waals surface area contributed by atoms with Gasteiger partial charge >= 0.3 is 0 Å². The van der Waals surface area contributed by atoms with Gasteiger partial charge in [0.1, 0.15) is 0 Å². The van der Waals surface area contributed by atoms with Crippen LogP contribution in [-0.4, -0.2) is 15.0 Å². The fraction of sp³-hybridized carbons (Fsp3) is 0. The van der Waals surface area contributed by atoms with Crippen LogP contribution in [0.5, 0.6) is 0 Å². The number of rotatable bonds is 7. The summed E-state index contributed by atoms with van der Waals surface area (Å²) in [6, 6.07) is 74.7. The molecule has 0 aliphatic rings. The molecule has 56 heavy (non-hydrogen) atoms. The largest absolute Gasteiger partial charge is 0.208 e. The van der Waals surface area contributed by atoms with Crippen LogP contribution >= 0.6 is 0 Å². The topological polar surface area (TPSA) is 38.7 Å². The fourth-order valence-corrected chi connectivity index (χ4v) is 7.67. The van der Waals surface area contributed by atoms with Gasteiger partial charge in [-0.3, -0.25) is 0 Å². The molecule has 0 amide bonds. The molecule has 3 nitrogen and oxygen atoms in total. The molecule has 262 valence electrons. The van der Waals surface area contributed by atoms with Gasteiger partial charge in [0.2, 0.25) is 0 Å². The Hall–Kier alpha value is -7.49. The molecule has 0 atom stereocenters. The molecule has 3 heteroatoms. The van der Waals surface area contributed by atoms with Crippen LogP contribution in [0.25, 0.3) is 100 Å². The minimum atomic E-state index is 0.623. The third-order valence-electron chi connectivity index (χ3n) is 10.5. The van der Waals surface area contributed by atoms with Crippen molar-refractivity contribution in [3.63, 3.8) is 0 Å². The maximum Gasteiger partial charge on any atom is 0.164 e. The Morgan fingerprint density at radius 1 is 0.214 bits per heavy atom. The summed E-state index contributed by atoms with van der Waals surface area (Å²) in [5.41, 5.74) is 11.9. The van der Waals surface area contributed by atoms with Crippen molar-refractivity contribution >= 4 is 21.5 Å². The summed E-state index contributed by atoms with van der Waals surface area (Å²) in [7, 11) is 0. The van der Waals surface area contributed by atoms with Crippen LogP contribution in [0.4, 0.5) is 0 Å². The lowest BCUT2D eigenvalue weighted by Crippen LogP contribution is -2.01. The first-order valence-corrected chi connectivity index (χ1v) is 18.9. The molecular formula is C53H35N3. The van der Waals surface area contributed by atoms with Crippen LogP contribution in [0.2, 0.25) is 0 Å². The third-order valence-corrected chi connectivity index (χ3v) is 10.5. The monoisotopic (exact) mass is 713 g/mol. The van der Waals surface area contributed by atoms with E-state index in [-0.39, 0.29) is 0 Å². The van der Waals surface area contributed by atoms with E-state index in [1.165, 1.54) is 32.7 Å². The molecule has 0 saturated heterocycles. The van der Waals surface area contributed by atoms with Gasteiger partial charge in [-0.15, -0.1) is 0 Å². The highest BCUT2D eigenvalue weighted by Gasteiger charge is 2.17. The molecule has 1 heterocycles. The lowest BCUT2D eigenvalue weighted by Gasteiger charge is -2.14. The predicted molar refractivity (Wildman–Crippen MR) is 233 cm³/mol. The Kier molecular flexibility index (Phi) is 8.51. The number of benzene rings is 9. The molecule has 0 aliphatic heterocycles. The maximum atomic E-state index is 5.25. The van der Waals surface area contributed by atoms with Crippen LogP contribution in [0.1, 0.15) is 0 Å². The Bertz CT molecular complexity index is 3020. The summed E-state index contributed by atoms with van der Waals surface area (Å²) in [5, 5.41) is 4.78. The highest BCUT2D eigenvalue weighted by atomic mass is 15.0. The zero-order valence-corrected chi connectivity index (χ0v) is 30.5. The Morgan fingerprint density at radius 2 is 0.625 bits per heavy atom. The van der Waals surface area contributed by atoms with Gasteiger partial charge < -0.3 is 0 Å². The second-order valence-electron chi connectivity index (χ2n) is 14.0. The summed E-state index contributed by atoms with van der Waals surface area (Å²) in [5.74, 6) is 1.88. The number of hydrogen-bond acceptors (Lipinski definition) is 3. The molecule has 0 saturated carbocycles. The average Bonchev–Trinajstić information content (AvgIpc) is 3.29. The standard InChI is InChI=1S/C53H35N3/c1-3-14-36(15-4-1)39-20-11-22-45(34-39)51-54-52(56-53(55-51)50-26-10-9-25-49(50)48-27-13-19-38-18-7-8-24-47(38)48)46-23-12-21-40(35-46)42-30-31-43-32-41(28-29-44(43)33-42)37-16-5-2-6-17-37/h1-35H. The zero-order valence-electron chi connectivity index (χ0n) is 30.5. The van der Waals surface area contributed by atoms with Gasteiger partial charge in [0.25, 0.3) is 0 Å². The van der Waals surface area contributed by atoms with E-state index in [0.29, 0.717) is 17.5 Å². The van der Waals surface area contributed by atoms with Gasteiger partial charge in [-0.25, -0.2) is 15.0 Å². The number of fused-ring (bicyclic) bond motifs is 2. The van der Waals surface area contributed by atoms with Crippen LogP contribution in [0.3, 0.4) is 0 Å². The molecule has 0 N–H and O–H groups in total. The summed E-state index contributed by atoms with van der Waals surface area (Å²) in [4.78, 5) is 15.7. The minimum absolute atomic E-state index is 0.623. The first-order chi connectivity index (χ1) is 27.7. The van der Waals surface area contributed by atoms with Crippen LogP contribution < -0.4 is 0 Å². The van der Waals surface area contributed by atoms with Crippen molar-refractivity contribution in [2.24, 2.45) is 0 Å². The highest BCUT2D eigenvalue weighted by molar-refractivity contribution is 6.00. The maximum absolute atomic E-state index is 5.25. The lowest BCUT2D eigenvalue weighted by molar-refractivity contribution is 1.07. The molecule has 10 aromatic rings. The first-order valence-electron chi connectivity index (χ1n) is 18.9. The first kappa shape index (κ1) is 33.1. The molecule has 0 radical (unpaired) electrons. The molecule has 0 unspecified atom stereocenters. The number of hydrogen-bond donors (Lipinski definition) is 0. The van der Waals surface area contributed by atoms with Crippen LogP contribution in [0.15, 0.2) is 212 Å². The summed E-state index contributed by atoms with van der Waals surface area (Å²) in [6.07, 6.45) is 0. The quantitative estimate of drug-likeness (QED) is 0.165. The molecule has 0 fully saturated rings. The summed E-state index contributed by atoms with van der Waals surface area (Å²) >= 11 is 0. The van der Waals surface area contributed by atoms with Crippen molar-refractivity contribution in [2.75, 3.05) is 0 Å². The Morgan fingerprint density at radius 3 is 1.27 bits per heavy atom. The fourth-order valence-electron chi connectivity index (χ4n) is 7.67. The average molecular weight is 714 g/mol. The van der Waals surface area contributed by atoms with E-state index in [2.05, 4.69) is 206 Å². The molecular weight excluding hydrogens is 679 g/mol. The summed E-state index contributed by atoms with van der Waals surface area (Å²) in [6.45, 7) is 0. The highest BCUT2D eigenvalue weighted by Crippen LogP contribution is 2.37. The van der Waals surface area contributed by atoms with Gasteiger partial charge in [-0.1, -0.05) is 188 Å². The second kappa shape index (κ2) is 14.4. The van der Waals surface area contributed by atoms with Crippen molar-refractivity contribution < 1.29 is 0 Å². The van der Waals surface area contributed by atoms with E-state index in [4.69, 9.17) is 15.0 Å². The Balaban J connectivity index is 1.11.